The standard InChI is InChI=1S/C22H19F7O/c1-2-3-11-4-5-18(30-10-11)12-6-14(23)19(15(24)7-12)22(29)20(27)13-8-16(25)21(28)17(26)9-13/h6-9,11,18H,2-5,10H2,1H3. The van der Waals surface area contributed by atoms with E-state index in [0.717, 1.165) is 31.4 Å². The van der Waals surface area contributed by atoms with Crippen molar-refractivity contribution < 1.29 is 35.5 Å². The number of halogens is 7. The summed E-state index contributed by atoms with van der Waals surface area (Å²) in [5, 5.41) is 0. The van der Waals surface area contributed by atoms with Crippen LogP contribution in [0.3, 0.4) is 0 Å². The number of rotatable bonds is 5. The molecule has 2 aromatic carbocycles. The molecule has 0 radical (unpaired) electrons. The number of hydrogen-bond acceptors (Lipinski definition) is 1. The summed E-state index contributed by atoms with van der Waals surface area (Å²) in [6, 6.07) is 2.09. The van der Waals surface area contributed by atoms with E-state index in [1.54, 1.807) is 0 Å². The van der Waals surface area contributed by atoms with Gasteiger partial charge in [-0.3, -0.25) is 0 Å². The Morgan fingerprint density at radius 1 is 0.867 bits per heavy atom. The third-order valence-electron chi connectivity index (χ3n) is 5.15. The Morgan fingerprint density at radius 3 is 1.97 bits per heavy atom. The van der Waals surface area contributed by atoms with E-state index in [-0.39, 0.29) is 17.7 Å². The molecule has 3 rings (SSSR count). The first-order valence-corrected chi connectivity index (χ1v) is 9.54. The molecule has 1 aliphatic rings. The second kappa shape index (κ2) is 9.20. The summed E-state index contributed by atoms with van der Waals surface area (Å²) in [6.07, 6.45) is 2.75. The van der Waals surface area contributed by atoms with E-state index >= 15 is 0 Å². The third-order valence-corrected chi connectivity index (χ3v) is 5.15. The molecule has 0 saturated carbocycles. The van der Waals surface area contributed by atoms with E-state index in [1.165, 1.54) is 0 Å². The molecule has 1 saturated heterocycles. The first kappa shape index (κ1) is 22.3. The van der Waals surface area contributed by atoms with E-state index in [9.17, 15) is 30.7 Å². The Morgan fingerprint density at radius 2 is 1.47 bits per heavy atom. The van der Waals surface area contributed by atoms with Crippen molar-refractivity contribution in [1.82, 2.24) is 0 Å². The average molecular weight is 432 g/mol. The van der Waals surface area contributed by atoms with Crippen LogP contribution in [0.1, 0.15) is 55.4 Å². The Labute approximate surface area is 169 Å². The Balaban J connectivity index is 1.91. The van der Waals surface area contributed by atoms with Gasteiger partial charge in [0.05, 0.1) is 18.3 Å². The van der Waals surface area contributed by atoms with Crippen molar-refractivity contribution in [2.45, 2.75) is 38.7 Å². The summed E-state index contributed by atoms with van der Waals surface area (Å²) in [5.74, 6) is -11.7. The molecule has 2 aromatic rings. The molecular formula is C22H19F7O. The van der Waals surface area contributed by atoms with Gasteiger partial charge >= 0.3 is 0 Å². The highest BCUT2D eigenvalue weighted by molar-refractivity contribution is 5.83. The quantitative estimate of drug-likeness (QED) is 0.272. The SMILES string of the molecule is CCCC1CCC(c2cc(F)c(C(F)=C(F)c3cc(F)c(F)c(F)c3)c(F)c2)OC1. The second-order valence-electron chi connectivity index (χ2n) is 7.30. The van der Waals surface area contributed by atoms with E-state index in [2.05, 4.69) is 0 Å². The zero-order valence-corrected chi connectivity index (χ0v) is 16.1. The first-order chi connectivity index (χ1) is 14.2. The minimum absolute atomic E-state index is 0.149. The van der Waals surface area contributed by atoms with Crippen LogP contribution in [0.4, 0.5) is 30.7 Å². The predicted molar refractivity (Wildman–Crippen MR) is 98.0 cm³/mol. The van der Waals surface area contributed by atoms with Gasteiger partial charge in [0.1, 0.15) is 11.6 Å². The number of hydrogen-bond donors (Lipinski definition) is 0. The number of benzene rings is 2. The molecular weight excluding hydrogens is 413 g/mol. The summed E-state index contributed by atoms with van der Waals surface area (Å²) in [4.78, 5) is 0. The molecule has 0 bridgehead atoms. The molecule has 1 aliphatic heterocycles. The van der Waals surface area contributed by atoms with Crippen LogP contribution in [-0.2, 0) is 4.74 Å². The van der Waals surface area contributed by atoms with Gasteiger partial charge in [0.15, 0.2) is 29.1 Å². The lowest BCUT2D eigenvalue weighted by atomic mass is 9.91. The fourth-order valence-electron chi connectivity index (χ4n) is 3.61. The van der Waals surface area contributed by atoms with Crippen molar-refractivity contribution in [2.75, 3.05) is 6.61 Å². The van der Waals surface area contributed by atoms with Crippen LogP contribution in [0.25, 0.3) is 11.7 Å². The lowest BCUT2D eigenvalue weighted by Crippen LogP contribution is -2.21. The molecule has 1 fully saturated rings. The Hall–Kier alpha value is -2.35. The zero-order valence-electron chi connectivity index (χ0n) is 16.1. The second-order valence-corrected chi connectivity index (χ2v) is 7.30. The molecule has 0 spiro atoms. The highest BCUT2D eigenvalue weighted by Crippen LogP contribution is 2.37. The fourth-order valence-corrected chi connectivity index (χ4v) is 3.61. The maximum atomic E-state index is 14.5. The van der Waals surface area contributed by atoms with Crippen molar-refractivity contribution in [2.24, 2.45) is 5.92 Å². The molecule has 0 N–H and O–H groups in total. The third kappa shape index (κ3) is 4.53. The molecule has 0 aromatic heterocycles. The maximum absolute atomic E-state index is 14.5. The molecule has 30 heavy (non-hydrogen) atoms. The Kier molecular flexibility index (Phi) is 6.85. The summed E-state index contributed by atoms with van der Waals surface area (Å²) in [5.41, 5.74) is -2.19. The monoisotopic (exact) mass is 432 g/mol. The van der Waals surface area contributed by atoms with Gasteiger partial charge in [0, 0.05) is 5.56 Å². The van der Waals surface area contributed by atoms with E-state index in [0.29, 0.717) is 18.9 Å². The highest BCUT2D eigenvalue weighted by Gasteiger charge is 2.27. The van der Waals surface area contributed by atoms with Gasteiger partial charge in [0.2, 0.25) is 0 Å². The van der Waals surface area contributed by atoms with Gasteiger partial charge in [-0.25, -0.2) is 30.7 Å². The number of ether oxygens (including phenoxy) is 1. The van der Waals surface area contributed by atoms with Crippen LogP contribution in [0.5, 0.6) is 0 Å². The molecule has 1 heterocycles. The van der Waals surface area contributed by atoms with Gasteiger partial charge in [0.25, 0.3) is 0 Å². The van der Waals surface area contributed by atoms with Crippen LogP contribution < -0.4 is 0 Å². The minimum atomic E-state index is -1.99. The van der Waals surface area contributed by atoms with E-state index < -0.39 is 58.0 Å². The fraction of sp³-hybridized carbons (Fsp3) is 0.364. The summed E-state index contributed by atoms with van der Waals surface area (Å²) in [6.45, 7) is 2.49. The van der Waals surface area contributed by atoms with Crippen molar-refractivity contribution >= 4 is 11.7 Å². The summed E-state index contributed by atoms with van der Waals surface area (Å²) >= 11 is 0. The molecule has 2 atom stereocenters. The summed E-state index contributed by atoms with van der Waals surface area (Å²) < 4.78 is 103. The predicted octanol–water partition coefficient (Wildman–Crippen LogP) is 7.41. The molecule has 162 valence electrons. The van der Waals surface area contributed by atoms with Crippen LogP contribution >= 0.6 is 0 Å². The van der Waals surface area contributed by atoms with Crippen molar-refractivity contribution in [3.05, 3.63) is 70.0 Å². The van der Waals surface area contributed by atoms with Gasteiger partial charge in [-0.1, -0.05) is 13.3 Å². The largest absolute Gasteiger partial charge is 0.373 e. The average Bonchev–Trinajstić information content (AvgIpc) is 2.71. The van der Waals surface area contributed by atoms with E-state index in [4.69, 9.17) is 4.74 Å². The maximum Gasteiger partial charge on any atom is 0.194 e. The van der Waals surface area contributed by atoms with Gasteiger partial charge in [-0.15, -0.1) is 0 Å². The Bertz CT molecular complexity index is 916. The van der Waals surface area contributed by atoms with Gasteiger partial charge in [-0.05, 0) is 55.0 Å². The minimum Gasteiger partial charge on any atom is -0.373 e. The van der Waals surface area contributed by atoms with E-state index in [1.807, 2.05) is 6.92 Å². The lowest BCUT2D eigenvalue weighted by Gasteiger charge is -2.29. The smallest absolute Gasteiger partial charge is 0.194 e. The van der Waals surface area contributed by atoms with Crippen molar-refractivity contribution in [3.63, 3.8) is 0 Å². The zero-order chi connectivity index (χ0) is 22.0. The van der Waals surface area contributed by atoms with Crippen LogP contribution in [0, 0.1) is 35.0 Å². The van der Waals surface area contributed by atoms with Crippen LogP contribution in [0.15, 0.2) is 24.3 Å². The first-order valence-electron chi connectivity index (χ1n) is 9.54. The molecule has 0 amide bonds. The van der Waals surface area contributed by atoms with Crippen molar-refractivity contribution in [3.8, 4) is 0 Å². The normalized spacial score (nSPS) is 20.3. The molecule has 0 aliphatic carbocycles. The van der Waals surface area contributed by atoms with Gasteiger partial charge in [-0.2, -0.15) is 0 Å². The molecule has 1 nitrogen and oxygen atoms in total. The van der Waals surface area contributed by atoms with Crippen molar-refractivity contribution in [1.29, 1.82) is 0 Å². The molecule has 8 heteroatoms. The van der Waals surface area contributed by atoms with Crippen LogP contribution in [0.2, 0.25) is 0 Å². The lowest BCUT2D eigenvalue weighted by molar-refractivity contribution is -0.0197. The van der Waals surface area contributed by atoms with Gasteiger partial charge < -0.3 is 4.74 Å². The van der Waals surface area contributed by atoms with Crippen LogP contribution in [-0.4, -0.2) is 6.61 Å². The summed E-state index contributed by atoms with van der Waals surface area (Å²) in [7, 11) is 0. The molecule has 2 unspecified atom stereocenters. The topological polar surface area (TPSA) is 9.23 Å². The highest BCUT2D eigenvalue weighted by atomic mass is 19.2.